The Kier molecular flexibility index (Phi) is 5.71. The molecule has 5 rings (SSSR count). The molecule has 10 heteroatoms. The van der Waals surface area contributed by atoms with Crippen LogP contribution in [-0.2, 0) is 9.59 Å². The maximum atomic E-state index is 13.2. The minimum atomic E-state index is -0.441. The van der Waals surface area contributed by atoms with Crippen LogP contribution >= 0.6 is 11.3 Å². The summed E-state index contributed by atoms with van der Waals surface area (Å²) in [6.07, 6.45) is 1.79. The van der Waals surface area contributed by atoms with Crippen molar-refractivity contribution in [3.05, 3.63) is 41.8 Å². The van der Waals surface area contributed by atoms with E-state index in [-0.39, 0.29) is 24.3 Å². The number of thiophene rings is 1. The summed E-state index contributed by atoms with van der Waals surface area (Å²) >= 11 is 1.59. The van der Waals surface area contributed by atoms with Crippen molar-refractivity contribution in [1.82, 2.24) is 25.1 Å². The predicted octanol–water partition coefficient (Wildman–Crippen LogP) is 2.77. The number of carbonyl (C=O) groups is 2. The molecule has 0 unspecified atom stereocenters. The molecule has 0 N–H and O–H groups in total. The number of piperidine rings is 1. The normalized spacial score (nSPS) is 20.3. The molecule has 32 heavy (non-hydrogen) atoms. The molecule has 0 saturated carbocycles. The van der Waals surface area contributed by atoms with Gasteiger partial charge in [-0.25, -0.2) is 4.90 Å². The number of carbonyl (C=O) groups excluding carboxylic acids is 2. The second-order valence-corrected chi connectivity index (χ2v) is 8.81. The van der Waals surface area contributed by atoms with Crippen molar-refractivity contribution in [2.45, 2.75) is 38.3 Å². The van der Waals surface area contributed by atoms with E-state index in [1.54, 1.807) is 28.3 Å². The van der Waals surface area contributed by atoms with Crippen molar-refractivity contribution in [2.75, 3.05) is 24.6 Å². The van der Waals surface area contributed by atoms with E-state index in [0.29, 0.717) is 37.0 Å². The number of amides is 2. The van der Waals surface area contributed by atoms with Gasteiger partial charge in [-0.3, -0.25) is 14.5 Å². The lowest BCUT2D eigenvalue weighted by Crippen LogP contribution is -2.46. The zero-order valence-corrected chi connectivity index (χ0v) is 18.6. The number of benzene rings is 1. The van der Waals surface area contributed by atoms with Crippen LogP contribution in [-0.4, -0.2) is 62.7 Å². The molecule has 2 amide bonds. The van der Waals surface area contributed by atoms with Gasteiger partial charge in [0.1, 0.15) is 5.75 Å². The summed E-state index contributed by atoms with van der Waals surface area (Å²) in [6.45, 7) is 3.75. The van der Waals surface area contributed by atoms with Gasteiger partial charge in [0.05, 0.1) is 35.7 Å². The van der Waals surface area contributed by atoms with E-state index in [1.165, 1.54) is 4.90 Å². The van der Waals surface area contributed by atoms with Gasteiger partial charge in [-0.05, 0) is 48.6 Å². The molecule has 1 aromatic carbocycles. The highest BCUT2D eigenvalue weighted by atomic mass is 32.1. The first kappa shape index (κ1) is 20.8. The van der Waals surface area contributed by atoms with Crippen molar-refractivity contribution < 1.29 is 14.3 Å². The SMILES string of the molecule is CCOc1ccccc1N1C(=O)C[C@@H](N2CCC(n3nnc(-c4cccs4)n3)CC2)C1=O. The summed E-state index contributed by atoms with van der Waals surface area (Å²) in [7, 11) is 0. The molecule has 9 nitrogen and oxygen atoms in total. The Labute approximate surface area is 189 Å². The number of rotatable bonds is 6. The Bertz CT molecular complexity index is 1110. The standard InChI is InChI=1S/C22H24N6O3S/c1-2-31-18-7-4-3-6-16(18)27-20(29)14-17(22(27)30)26-11-9-15(10-12-26)28-24-21(23-25-28)19-8-5-13-32-19/h3-8,13,15,17H,2,9-12,14H2,1H3/t17-/m1/s1. The van der Waals surface area contributed by atoms with E-state index in [9.17, 15) is 9.59 Å². The summed E-state index contributed by atoms with van der Waals surface area (Å²) in [5, 5.41) is 15.0. The molecule has 4 heterocycles. The lowest BCUT2D eigenvalue weighted by molar-refractivity contribution is -0.123. The molecular formula is C22H24N6O3S. The molecular weight excluding hydrogens is 428 g/mol. The van der Waals surface area contributed by atoms with Crippen molar-refractivity contribution in [3.8, 4) is 16.5 Å². The van der Waals surface area contributed by atoms with Crippen LogP contribution in [0.1, 0.15) is 32.2 Å². The van der Waals surface area contributed by atoms with E-state index >= 15 is 0 Å². The highest BCUT2D eigenvalue weighted by molar-refractivity contribution is 7.13. The van der Waals surface area contributed by atoms with Gasteiger partial charge in [-0.15, -0.1) is 21.5 Å². The number of likely N-dealkylation sites (tertiary alicyclic amines) is 1. The number of hydrogen-bond acceptors (Lipinski definition) is 8. The quantitative estimate of drug-likeness (QED) is 0.531. The Morgan fingerprint density at radius 2 is 1.94 bits per heavy atom. The van der Waals surface area contributed by atoms with Crippen LogP contribution in [0.3, 0.4) is 0 Å². The Morgan fingerprint density at radius 3 is 2.69 bits per heavy atom. The third kappa shape index (κ3) is 3.80. The van der Waals surface area contributed by atoms with Gasteiger partial charge < -0.3 is 4.74 Å². The third-order valence-corrected chi connectivity index (χ3v) is 6.83. The van der Waals surface area contributed by atoms with Crippen LogP contribution in [0.15, 0.2) is 41.8 Å². The number of imide groups is 1. The number of ether oxygens (including phenoxy) is 1. The first-order valence-electron chi connectivity index (χ1n) is 10.8. The maximum Gasteiger partial charge on any atom is 0.251 e. The molecule has 2 aliphatic rings. The summed E-state index contributed by atoms with van der Waals surface area (Å²) in [4.78, 5) is 32.1. The first-order valence-corrected chi connectivity index (χ1v) is 11.7. The van der Waals surface area contributed by atoms with Gasteiger partial charge >= 0.3 is 0 Å². The minimum absolute atomic E-state index is 0.134. The number of anilines is 1. The molecule has 166 valence electrons. The number of hydrogen-bond donors (Lipinski definition) is 0. The fourth-order valence-electron chi connectivity index (χ4n) is 4.39. The maximum absolute atomic E-state index is 13.2. The van der Waals surface area contributed by atoms with Crippen LogP contribution in [0.4, 0.5) is 5.69 Å². The zero-order chi connectivity index (χ0) is 22.1. The van der Waals surface area contributed by atoms with Crippen LogP contribution in [0, 0.1) is 0 Å². The molecule has 0 spiro atoms. The summed E-state index contributed by atoms with van der Waals surface area (Å²) in [6, 6.07) is 10.8. The van der Waals surface area contributed by atoms with Crippen LogP contribution in [0.5, 0.6) is 5.75 Å². The lowest BCUT2D eigenvalue weighted by Gasteiger charge is -2.34. The van der Waals surface area contributed by atoms with Crippen LogP contribution in [0.2, 0.25) is 0 Å². The van der Waals surface area contributed by atoms with Crippen molar-refractivity contribution in [1.29, 1.82) is 0 Å². The van der Waals surface area contributed by atoms with E-state index in [1.807, 2.05) is 36.6 Å². The summed E-state index contributed by atoms with van der Waals surface area (Å²) in [5.41, 5.74) is 0.523. The third-order valence-electron chi connectivity index (χ3n) is 5.97. The molecule has 2 fully saturated rings. The molecule has 2 aromatic heterocycles. The predicted molar refractivity (Wildman–Crippen MR) is 119 cm³/mol. The monoisotopic (exact) mass is 452 g/mol. The van der Waals surface area contributed by atoms with Gasteiger partial charge in [-0.1, -0.05) is 18.2 Å². The van der Waals surface area contributed by atoms with Gasteiger partial charge in [0.25, 0.3) is 5.91 Å². The topological polar surface area (TPSA) is 93.4 Å². The Balaban J connectivity index is 1.26. The van der Waals surface area contributed by atoms with Gasteiger partial charge in [0.2, 0.25) is 11.7 Å². The molecule has 0 bridgehead atoms. The van der Waals surface area contributed by atoms with E-state index in [0.717, 1.165) is 17.7 Å². The van der Waals surface area contributed by atoms with E-state index < -0.39 is 6.04 Å². The number of nitrogens with zero attached hydrogens (tertiary/aromatic N) is 6. The number of aromatic nitrogens is 4. The smallest absolute Gasteiger partial charge is 0.251 e. The fourth-order valence-corrected chi connectivity index (χ4v) is 5.03. The fraction of sp³-hybridized carbons (Fsp3) is 0.409. The molecule has 2 aliphatic heterocycles. The average molecular weight is 453 g/mol. The van der Waals surface area contributed by atoms with Crippen LogP contribution in [0.25, 0.3) is 10.7 Å². The number of tetrazole rings is 1. The van der Waals surface area contributed by atoms with Crippen molar-refractivity contribution in [2.24, 2.45) is 0 Å². The lowest BCUT2D eigenvalue weighted by atomic mass is 10.0. The molecule has 1 atom stereocenters. The zero-order valence-electron chi connectivity index (χ0n) is 17.8. The Hall–Kier alpha value is -3.11. The molecule has 3 aromatic rings. The van der Waals surface area contributed by atoms with Crippen LogP contribution < -0.4 is 9.64 Å². The van der Waals surface area contributed by atoms with Crippen molar-refractivity contribution >= 4 is 28.8 Å². The first-order chi connectivity index (χ1) is 15.7. The minimum Gasteiger partial charge on any atom is -0.492 e. The summed E-state index contributed by atoms with van der Waals surface area (Å²) < 4.78 is 5.64. The summed E-state index contributed by atoms with van der Waals surface area (Å²) in [5.74, 6) is 0.824. The Morgan fingerprint density at radius 1 is 1.12 bits per heavy atom. The van der Waals surface area contributed by atoms with E-state index in [4.69, 9.17) is 4.74 Å². The molecule has 0 aliphatic carbocycles. The largest absolute Gasteiger partial charge is 0.492 e. The van der Waals surface area contributed by atoms with Gasteiger partial charge in [0, 0.05) is 13.1 Å². The van der Waals surface area contributed by atoms with Gasteiger partial charge in [0.15, 0.2) is 0 Å². The van der Waals surface area contributed by atoms with E-state index in [2.05, 4.69) is 20.3 Å². The average Bonchev–Trinajstić information content (AvgIpc) is 3.55. The van der Waals surface area contributed by atoms with Crippen molar-refractivity contribution in [3.63, 3.8) is 0 Å². The molecule has 0 radical (unpaired) electrons. The highest BCUT2D eigenvalue weighted by Crippen LogP contribution is 2.34. The molecule has 2 saturated heterocycles. The highest BCUT2D eigenvalue weighted by Gasteiger charge is 2.44. The second-order valence-electron chi connectivity index (χ2n) is 7.87. The second kappa shape index (κ2) is 8.79. The van der Waals surface area contributed by atoms with Gasteiger partial charge in [-0.2, -0.15) is 4.80 Å². The number of para-hydroxylation sites is 2.